The summed E-state index contributed by atoms with van der Waals surface area (Å²) in [4.78, 5) is 36.4. The summed E-state index contributed by atoms with van der Waals surface area (Å²) in [6, 6.07) is 6.46. The SMILES string of the molecule is O=C(Nc1ccc(CN2C(=O)CSC2=O)cc1)Nc1cnn(CCO)c1. The molecule has 0 aliphatic carbocycles. The Kier molecular flexibility index (Phi) is 5.54. The van der Waals surface area contributed by atoms with Crippen LogP contribution in [0.5, 0.6) is 0 Å². The van der Waals surface area contributed by atoms with E-state index in [-0.39, 0.29) is 30.1 Å². The van der Waals surface area contributed by atoms with Gasteiger partial charge in [-0.3, -0.25) is 19.2 Å². The van der Waals surface area contributed by atoms with Crippen LogP contribution in [0.2, 0.25) is 0 Å². The number of imide groups is 1. The zero-order chi connectivity index (χ0) is 18.5. The third kappa shape index (κ3) is 4.41. The molecule has 136 valence electrons. The number of amides is 4. The molecule has 2 aromatic rings. The van der Waals surface area contributed by atoms with E-state index < -0.39 is 6.03 Å². The second-order valence-electron chi connectivity index (χ2n) is 5.53. The molecule has 0 saturated carbocycles. The number of aliphatic hydroxyl groups is 1. The number of aromatic nitrogens is 2. The van der Waals surface area contributed by atoms with Crippen molar-refractivity contribution in [1.82, 2.24) is 14.7 Å². The van der Waals surface area contributed by atoms with Crippen LogP contribution in [0.1, 0.15) is 5.56 Å². The first kappa shape index (κ1) is 18.0. The van der Waals surface area contributed by atoms with Crippen molar-refractivity contribution in [3.05, 3.63) is 42.2 Å². The summed E-state index contributed by atoms with van der Waals surface area (Å²) in [6.07, 6.45) is 3.10. The number of nitrogens with zero attached hydrogens (tertiary/aromatic N) is 3. The lowest BCUT2D eigenvalue weighted by atomic mass is 10.2. The standard InChI is InChI=1S/C16H17N5O4S/c22-6-5-20-9-13(7-17-20)19-15(24)18-12-3-1-11(2-4-12)8-21-14(23)10-26-16(21)25/h1-4,7,9,22H,5-6,8,10H2,(H2,18,19,24). The molecule has 3 N–H and O–H groups in total. The summed E-state index contributed by atoms with van der Waals surface area (Å²) in [7, 11) is 0. The van der Waals surface area contributed by atoms with Crippen molar-refractivity contribution in [2.24, 2.45) is 0 Å². The predicted molar refractivity (Wildman–Crippen MR) is 96.8 cm³/mol. The number of aliphatic hydroxyl groups excluding tert-OH is 1. The van der Waals surface area contributed by atoms with E-state index in [1.807, 2.05) is 0 Å². The fourth-order valence-electron chi connectivity index (χ4n) is 2.36. The fourth-order valence-corrected chi connectivity index (χ4v) is 3.08. The molecular formula is C16H17N5O4S. The first-order valence-corrected chi connectivity index (χ1v) is 8.81. The van der Waals surface area contributed by atoms with Crippen LogP contribution in [-0.4, -0.2) is 49.3 Å². The number of hydrogen-bond acceptors (Lipinski definition) is 6. The smallest absolute Gasteiger partial charge is 0.323 e. The van der Waals surface area contributed by atoms with Gasteiger partial charge < -0.3 is 15.7 Å². The van der Waals surface area contributed by atoms with Crippen LogP contribution in [-0.2, 0) is 17.9 Å². The van der Waals surface area contributed by atoms with Gasteiger partial charge in [-0.2, -0.15) is 5.10 Å². The molecule has 1 aliphatic heterocycles. The van der Waals surface area contributed by atoms with Gasteiger partial charge in [-0.05, 0) is 17.7 Å². The van der Waals surface area contributed by atoms with E-state index in [4.69, 9.17) is 5.11 Å². The molecule has 9 nitrogen and oxygen atoms in total. The predicted octanol–water partition coefficient (Wildman–Crippen LogP) is 1.71. The van der Waals surface area contributed by atoms with Crippen molar-refractivity contribution in [3.8, 4) is 0 Å². The second-order valence-corrected chi connectivity index (χ2v) is 6.45. The number of rotatable bonds is 6. The lowest BCUT2D eigenvalue weighted by Crippen LogP contribution is -2.27. The van der Waals surface area contributed by atoms with Gasteiger partial charge in [0.05, 0.1) is 37.3 Å². The minimum absolute atomic E-state index is 0.0347. The maximum Gasteiger partial charge on any atom is 0.323 e. The summed E-state index contributed by atoms with van der Waals surface area (Å²) < 4.78 is 1.52. The van der Waals surface area contributed by atoms with Crippen LogP contribution in [0.4, 0.5) is 21.0 Å². The Bertz CT molecular complexity index is 804. The van der Waals surface area contributed by atoms with Gasteiger partial charge in [0.25, 0.3) is 5.24 Å². The number of carbonyl (C=O) groups excluding carboxylic acids is 3. The molecule has 0 unspecified atom stereocenters. The summed E-state index contributed by atoms with van der Waals surface area (Å²) in [6.45, 7) is 0.541. The molecular weight excluding hydrogens is 358 g/mol. The normalized spacial score (nSPS) is 14.0. The zero-order valence-electron chi connectivity index (χ0n) is 13.7. The molecule has 0 atom stereocenters. The fraction of sp³-hybridized carbons (Fsp3) is 0.250. The van der Waals surface area contributed by atoms with Crippen molar-refractivity contribution in [3.63, 3.8) is 0 Å². The molecule has 1 fully saturated rings. The molecule has 26 heavy (non-hydrogen) atoms. The number of hydrogen-bond donors (Lipinski definition) is 3. The molecule has 1 saturated heterocycles. The highest BCUT2D eigenvalue weighted by molar-refractivity contribution is 8.14. The average Bonchev–Trinajstić information content (AvgIpc) is 3.18. The largest absolute Gasteiger partial charge is 0.394 e. The molecule has 2 heterocycles. The number of thioether (sulfide) groups is 1. The van der Waals surface area contributed by atoms with Crippen LogP contribution in [0.3, 0.4) is 0 Å². The highest BCUT2D eigenvalue weighted by Crippen LogP contribution is 2.21. The molecule has 4 amide bonds. The Hall–Kier alpha value is -2.85. The molecule has 10 heteroatoms. The summed E-state index contributed by atoms with van der Waals surface area (Å²) in [5.41, 5.74) is 1.88. The van der Waals surface area contributed by atoms with Gasteiger partial charge in [0.2, 0.25) is 5.91 Å². The van der Waals surface area contributed by atoms with Crippen molar-refractivity contribution in [2.75, 3.05) is 23.0 Å². The van der Waals surface area contributed by atoms with E-state index in [9.17, 15) is 14.4 Å². The number of carbonyl (C=O) groups is 3. The minimum atomic E-state index is -0.428. The molecule has 0 radical (unpaired) electrons. The molecule has 1 aromatic heterocycles. The van der Waals surface area contributed by atoms with Crippen LogP contribution >= 0.6 is 11.8 Å². The molecule has 1 aliphatic rings. The van der Waals surface area contributed by atoms with Crippen molar-refractivity contribution >= 4 is 40.3 Å². The maximum absolute atomic E-state index is 12.0. The Morgan fingerprint density at radius 2 is 1.92 bits per heavy atom. The van der Waals surface area contributed by atoms with E-state index >= 15 is 0 Å². The summed E-state index contributed by atoms with van der Waals surface area (Å²) >= 11 is 1.00. The first-order valence-electron chi connectivity index (χ1n) is 7.82. The Balaban J connectivity index is 1.54. The Morgan fingerprint density at radius 1 is 1.19 bits per heavy atom. The van der Waals surface area contributed by atoms with Crippen molar-refractivity contribution in [2.45, 2.75) is 13.1 Å². The van der Waals surface area contributed by atoms with Crippen LogP contribution in [0.25, 0.3) is 0 Å². The van der Waals surface area contributed by atoms with Gasteiger partial charge in [0.15, 0.2) is 0 Å². The van der Waals surface area contributed by atoms with Crippen LogP contribution in [0, 0.1) is 0 Å². The zero-order valence-corrected chi connectivity index (χ0v) is 14.5. The Morgan fingerprint density at radius 3 is 2.58 bits per heavy atom. The van der Waals surface area contributed by atoms with Gasteiger partial charge in [0, 0.05) is 11.9 Å². The number of anilines is 2. The quantitative estimate of drug-likeness (QED) is 0.708. The van der Waals surface area contributed by atoms with E-state index in [0.29, 0.717) is 17.9 Å². The minimum Gasteiger partial charge on any atom is -0.394 e. The maximum atomic E-state index is 12.0. The van der Waals surface area contributed by atoms with Gasteiger partial charge in [-0.15, -0.1) is 0 Å². The van der Waals surface area contributed by atoms with Gasteiger partial charge in [-0.1, -0.05) is 23.9 Å². The topological polar surface area (TPSA) is 117 Å². The lowest BCUT2D eigenvalue weighted by molar-refractivity contribution is -0.125. The van der Waals surface area contributed by atoms with E-state index in [1.54, 1.807) is 30.5 Å². The van der Waals surface area contributed by atoms with E-state index in [1.165, 1.54) is 15.8 Å². The molecule has 0 spiro atoms. The number of benzene rings is 1. The van der Waals surface area contributed by atoms with Crippen LogP contribution in [0.15, 0.2) is 36.7 Å². The molecule has 0 bridgehead atoms. The van der Waals surface area contributed by atoms with Crippen molar-refractivity contribution in [1.29, 1.82) is 0 Å². The molecule has 1 aromatic carbocycles. The monoisotopic (exact) mass is 375 g/mol. The summed E-state index contributed by atoms with van der Waals surface area (Å²) in [5, 5.41) is 17.9. The molecule has 3 rings (SSSR count). The third-order valence-electron chi connectivity index (χ3n) is 3.61. The Labute approximate surface area is 153 Å². The third-order valence-corrected chi connectivity index (χ3v) is 4.47. The van der Waals surface area contributed by atoms with Crippen molar-refractivity contribution < 1.29 is 19.5 Å². The summed E-state index contributed by atoms with van der Waals surface area (Å²) in [5.74, 6) is -0.00334. The highest BCUT2D eigenvalue weighted by atomic mass is 32.2. The average molecular weight is 375 g/mol. The van der Waals surface area contributed by atoms with Crippen LogP contribution < -0.4 is 10.6 Å². The van der Waals surface area contributed by atoms with Gasteiger partial charge in [-0.25, -0.2) is 4.79 Å². The highest BCUT2D eigenvalue weighted by Gasteiger charge is 2.29. The first-order chi connectivity index (χ1) is 12.5. The number of urea groups is 1. The van der Waals surface area contributed by atoms with E-state index in [0.717, 1.165) is 17.3 Å². The van der Waals surface area contributed by atoms with E-state index in [2.05, 4.69) is 15.7 Å². The van der Waals surface area contributed by atoms with Gasteiger partial charge >= 0.3 is 6.03 Å². The number of nitrogens with one attached hydrogen (secondary N) is 2. The van der Waals surface area contributed by atoms with Gasteiger partial charge in [0.1, 0.15) is 0 Å². The second kappa shape index (κ2) is 8.02. The lowest BCUT2D eigenvalue weighted by Gasteiger charge is -2.13.